The van der Waals surface area contributed by atoms with E-state index in [0.717, 1.165) is 130 Å². The maximum absolute atomic E-state index is 5.17. The number of benzene rings is 8. The summed E-state index contributed by atoms with van der Waals surface area (Å²) >= 11 is 0. The van der Waals surface area contributed by atoms with Gasteiger partial charge in [0.15, 0.2) is 58.2 Å². The number of likely N-dealkylation sites (N-methyl/N-ethyl adjacent to an activating group) is 4. The molecule has 0 fully saturated rings. The quantitative estimate of drug-likeness (QED) is 0.118. The predicted molar refractivity (Wildman–Crippen MR) is 537 cm³/mol. The van der Waals surface area contributed by atoms with Crippen molar-refractivity contribution >= 4 is 91.8 Å². The van der Waals surface area contributed by atoms with Crippen LogP contribution < -0.4 is 49.0 Å². The fraction of sp³-hybridized carbons (Fsp3) is 0.300. The fourth-order valence-corrected chi connectivity index (χ4v) is 21.5. The molecule has 23 nitrogen and oxygen atoms in total. The van der Waals surface area contributed by atoms with Gasteiger partial charge in [-0.25, -0.2) is 44.9 Å². The van der Waals surface area contributed by atoms with Crippen LogP contribution in [0.25, 0.3) is 45.6 Å². The van der Waals surface area contributed by atoms with Gasteiger partial charge in [0.05, 0.1) is 36.7 Å². The molecule has 0 radical (unpaired) electrons. The van der Waals surface area contributed by atoms with Crippen molar-refractivity contribution in [2.75, 3.05) is 77.2 Å². The Balaban J connectivity index is 0.000000100. The first-order chi connectivity index (χ1) is 64.6. The molecule has 0 aliphatic carbocycles. The van der Waals surface area contributed by atoms with Crippen LogP contribution in [0.15, 0.2) is 250 Å². The molecule has 668 valence electrons. The zero-order valence-electron chi connectivity index (χ0n) is 78.8. The Bertz CT molecular complexity index is 6700. The van der Waals surface area contributed by atoms with E-state index in [1.165, 1.54) is 101 Å². The van der Waals surface area contributed by atoms with Crippen molar-refractivity contribution in [3.63, 3.8) is 0 Å². The van der Waals surface area contributed by atoms with E-state index in [4.69, 9.17) is 34.9 Å². The number of rotatable bonds is 11. The van der Waals surface area contributed by atoms with Crippen molar-refractivity contribution in [1.82, 2.24) is 65.0 Å². The number of hydrogen-bond acceptors (Lipinski definition) is 23. The lowest BCUT2D eigenvalue weighted by Gasteiger charge is -2.26. The molecule has 0 saturated heterocycles. The first kappa shape index (κ1) is 85.2. The summed E-state index contributed by atoms with van der Waals surface area (Å²) < 4.78 is 0. The molecule has 7 aromatic heterocycles. The van der Waals surface area contributed by atoms with Crippen LogP contribution in [-0.4, -0.2) is 124 Å². The van der Waals surface area contributed by atoms with Gasteiger partial charge in [-0.05, 0) is 152 Å². The predicted octanol–water partition coefficient (Wildman–Crippen LogP) is 23.3. The second-order valence-electron chi connectivity index (χ2n) is 38.2. The Morgan fingerprint density at radius 2 is 0.624 bits per heavy atom. The average Bonchev–Trinajstić information content (AvgIpc) is 1.61. The van der Waals surface area contributed by atoms with Crippen molar-refractivity contribution in [3.05, 3.63) is 317 Å². The van der Waals surface area contributed by atoms with Crippen LogP contribution in [-0.2, 0) is 32.1 Å². The summed E-state index contributed by atoms with van der Waals surface area (Å²) in [5.74, 6) is 11.4. The molecular formula is C110H113N23. The highest BCUT2D eigenvalue weighted by atomic mass is 15.5. The lowest BCUT2D eigenvalue weighted by molar-refractivity contribution is 0.696. The number of nitrogens with zero attached hydrogens (tertiary/aromatic N) is 23. The van der Waals surface area contributed by atoms with Crippen LogP contribution in [0.4, 0.5) is 91.8 Å². The minimum absolute atomic E-state index is 0.202. The van der Waals surface area contributed by atoms with E-state index in [1.54, 1.807) is 12.5 Å². The van der Waals surface area contributed by atoms with Crippen molar-refractivity contribution in [2.45, 2.75) is 188 Å². The number of para-hydroxylation sites is 5. The van der Waals surface area contributed by atoms with Gasteiger partial charge in [-0.3, -0.25) is 9.97 Å². The minimum Gasteiger partial charge on any atom is -0.349 e. The summed E-state index contributed by atoms with van der Waals surface area (Å²) in [7, 11) is 8.52. The Hall–Kier alpha value is -14.6. The molecule has 0 N–H and O–H groups in total. The molecule has 10 aliphatic rings. The smallest absolute Gasteiger partial charge is 0.196 e. The van der Waals surface area contributed by atoms with Gasteiger partial charge in [-0.15, -0.1) is 10.2 Å². The van der Waals surface area contributed by atoms with Gasteiger partial charge in [0, 0.05) is 130 Å². The summed E-state index contributed by atoms with van der Waals surface area (Å²) in [4.78, 5) is 75.5. The zero-order valence-corrected chi connectivity index (χ0v) is 78.8. The molecule has 5 atom stereocenters. The number of anilines is 16. The van der Waals surface area contributed by atoms with Crippen molar-refractivity contribution in [2.24, 2.45) is 0 Å². The Labute approximate surface area is 780 Å². The van der Waals surface area contributed by atoms with E-state index in [-0.39, 0.29) is 30.8 Å². The zero-order chi connectivity index (χ0) is 91.6. The molecule has 0 bridgehead atoms. The van der Waals surface area contributed by atoms with Gasteiger partial charge in [0.1, 0.15) is 59.9 Å². The Kier molecular flexibility index (Phi) is 22.0. The summed E-state index contributed by atoms with van der Waals surface area (Å²) in [5, 5.41) is 8.87. The number of fused-ring (bicyclic) bond motifs is 25. The standard InChI is InChI=1S/2C25H28N4.C24H27N5.C19H17N5.C17H13N5/c1-15(2)18-10-8-11-19(16(3)4)23(18)24-26-14-21-25(27-24)28(5)22-13-17-9-6-7-12-20(17)29(21)22;1-15(2)18-10-8-11-19(16(3)4)23(18)24-26-14-21-25(27-24)29-20-12-7-6-9-17(20)13-22(29)28(21)5;1-14(2)17-11-25-12-18(15(3)4)22(17)23-26-13-20-24(27-23)28(5)21-10-16-8-6-7-9-19(16)29(20)21;1-12-7-3-5-9-14(12)17-20-18-19(22-21-17)23(2)16-11-13-8-4-6-10-15(13)24(16)18;1-2-6-14-12(4-1)8-16-21(13-5-3-7-18-9-13)17-15(22(14)16)10-19-11-20-17/h2*6-12,14-16,22H,13H2,1-5H3;6-9,11-15,21H,10H2,1-5H3;3-10,16H,11H2,1-2H3;1-7,9-11,16H,8H2. The molecule has 5 unspecified atom stereocenters. The van der Waals surface area contributed by atoms with E-state index < -0.39 is 0 Å². The highest BCUT2D eigenvalue weighted by Crippen LogP contribution is 2.56. The van der Waals surface area contributed by atoms with Crippen LogP contribution in [0, 0.1) is 6.92 Å². The van der Waals surface area contributed by atoms with Crippen LogP contribution in [0.1, 0.15) is 185 Å². The van der Waals surface area contributed by atoms with E-state index in [1.807, 2.05) is 67.6 Å². The highest BCUT2D eigenvalue weighted by Gasteiger charge is 2.49. The van der Waals surface area contributed by atoms with Gasteiger partial charge in [-0.2, -0.15) is 0 Å². The highest BCUT2D eigenvalue weighted by molar-refractivity contribution is 5.92. The third kappa shape index (κ3) is 14.5. The maximum atomic E-state index is 5.17. The van der Waals surface area contributed by atoms with Gasteiger partial charge in [0.25, 0.3) is 0 Å². The topological polar surface area (TPSA) is 200 Å². The first-order valence-electron chi connectivity index (χ1n) is 47.0. The molecule has 17 heterocycles. The minimum atomic E-state index is 0.202. The van der Waals surface area contributed by atoms with E-state index in [2.05, 4.69) is 367 Å². The third-order valence-electron chi connectivity index (χ3n) is 28.2. The maximum Gasteiger partial charge on any atom is 0.196 e. The Morgan fingerprint density at radius 1 is 0.256 bits per heavy atom. The lowest BCUT2D eigenvalue weighted by Crippen LogP contribution is -2.36. The van der Waals surface area contributed by atoms with Crippen molar-refractivity contribution < 1.29 is 0 Å². The molecule has 23 heteroatoms. The molecule has 15 aromatic rings. The van der Waals surface area contributed by atoms with Crippen LogP contribution in [0.3, 0.4) is 0 Å². The van der Waals surface area contributed by atoms with Crippen molar-refractivity contribution in [1.29, 1.82) is 0 Å². The molecule has 0 spiro atoms. The van der Waals surface area contributed by atoms with Gasteiger partial charge in [-0.1, -0.05) is 235 Å². The van der Waals surface area contributed by atoms with Crippen molar-refractivity contribution in [3.8, 4) is 45.6 Å². The molecule has 0 saturated carbocycles. The normalized spacial score (nSPS) is 17.4. The molecule has 10 aliphatic heterocycles. The molecular weight excluding hydrogens is 1640 g/mol. The molecule has 0 amide bonds. The van der Waals surface area contributed by atoms with E-state index >= 15 is 0 Å². The van der Waals surface area contributed by atoms with E-state index in [9.17, 15) is 0 Å². The second-order valence-corrected chi connectivity index (χ2v) is 38.2. The van der Waals surface area contributed by atoms with Crippen LogP contribution in [0.5, 0.6) is 0 Å². The number of aryl methyl sites for hydroxylation is 1. The largest absolute Gasteiger partial charge is 0.349 e. The Morgan fingerprint density at radius 3 is 1.08 bits per heavy atom. The molecule has 133 heavy (non-hydrogen) atoms. The lowest BCUT2D eigenvalue weighted by atomic mass is 9.88. The SMILES string of the molecule is CC(C)c1cccc(C(C)C)c1-c1ncc2c(n1)N(C)C1Cc3ccccc3N21.CC(C)c1cccc(C(C)C)c1-c1ncc2c(n1)N1c3ccccc3CC1N2C.CC(C)c1cncc(C(C)C)c1-c1ncc2c(n1)N(C)C1Cc3ccccc3N21.Cc1ccccc1-c1nnc2c(n1)N1c3ccccc3CC1N2C.c1cncc(N2c3ncncc3N3c4ccccc4CC32)c1. The molecule has 25 rings (SSSR count). The summed E-state index contributed by atoms with van der Waals surface area (Å²) in [5.41, 5.74) is 32.1. The number of aromatic nitrogens is 13. The van der Waals surface area contributed by atoms with E-state index in [0.29, 0.717) is 41.3 Å². The second kappa shape index (κ2) is 34.3. The van der Waals surface area contributed by atoms with Gasteiger partial charge in [0.2, 0.25) is 0 Å². The summed E-state index contributed by atoms with van der Waals surface area (Å²) in [6.45, 7) is 28.9. The number of hydrogen-bond donors (Lipinski definition) is 0. The summed E-state index contributed by atoms with van der Waals surface area (Å²) in [6, 6.07) is 68.5. The van der Waals surface area contributed by atoms with Crippen LogP contribution in [0.2, 0.25) is 0 Å². The van der Waals surface area contributed by atoms with Crippen LogP contribution >= 0.6 is 0 Å². The fourth-order valence-electron chi connectivity index (χ4n) is 21.5. The monoisotopic (exact) mass is 1760 g/mol. The third-order valence-corrected chi connectivity index (χ3v) is 28.2. The van der Waals surface area contributed by atoms with Gasteiger partial charge < -0.3 is 49.0 Å². The average molecular weight is 1760 g/mol. The number of pyridine rings is 2. The summed E-state index contributed by atoms with van der Waals surface area (Å²) in [6.07, 6.45) is 23.4. The first-order valence-corrected chi connectivity index (χ1v) is 47.0. The molecule has 8 aromatic carbocycles. The van der Waals surface area contributed by atoms with Gasteiger partial charge >= 0.3 is 0 Å².